The molecule has 1 saturated heterocycles. The molecular formula is C19H27N3O2. The van der Waals surface area contributed by atoms with E-state index in [1.54, 1.807) is 0 Å². The lowest BCUT2D eigenvalue weighted by Gasteiger charge is -2.26. The molecule has 3 rings (SSSR count). The van der Waals surface area contributed by atoms with E-state index in [0.717, 1.165) is 49.8 Å². The molecule has 5 nitrogen and oxygen atoms in total. The molecule has 2 unspecified atom stereocenters. The molecule has 2 fully saturated rings. The first kappa shape index (κ1) is 17.0. The molecule has 3 N–H and O–H groups in total. The topological polar surface area (TPSA) is 75.4 Å². The molecule has 130 valence electrons. The summed E-state index contributed by atoms with van der Waals surface area (Å²) in [5.41, 5.74) is 8.19. The highest BCUT2D eigenvalue weighted by atomic mass is 16.2. The maximum absolute atomic E-state index is 12.4. The highest BCUT2D eigenvalue weighted by Gasteiger charge is 2.25. The second kappa shape index (κ2) is 7.79. The van der Waals surface area contributed by atoms with Crippen molar-refractivity contribution in [3.8, 4) is 0 Å². The number of hydrogen-bond acceptors (Lipinski definition) is 3. The van der Waals surface area contributed by atoms with Crippen molar-refractivity contribution in [3.63, 3.8) is 0 Å². The van der Waals surface area contributed by atoms with E-state index in [4.69, 9.17) is 5.73 Å². The van der Waals surface area contributed by atoms with Crippen LogP contribution in [0.5, 0.6) is 0 Å². The molecule has 1 saturated carbocycles. The van der Waals surface area contributed by atoms with Gasteiger partial charge in [-0.25, -0.2) is 0 Å². The third-order valence-electron chi connectivity index (χ3n) is 5.19. The van der Waals surface area contributed by atoms with E-state index >= 15 is 0 Å². The fourth-order valence-corrected chi connectivity index (χ4v) is 3.75. The molecule has 1 aromatic rings. The molecule has 1 aromatic carbocycles. The summed E-state index contributed by atoms with van der Waals surface area (Å²) in [4.78, 5) is 26.1. The first-order chi connectivity index (χ1) is 11.6. The highest BCUT2D eigenvalue weighted by Crippen LogP contribution is 2.23. The lowest BCUT2D eigenvalue weighted by Crippen LogP contribution is -2.37. The quantitative estimate of drug-likeness (QED) is 0.867. The van der Waals surface area contributed by atoms with Gasteiger partial charge in [-0.05, 0) is 36.8 Å². The molecule has 2 atom stereocenters. The van der Waals surface area contributed by atoms with E-state index < -0.39 is 0 Å². The number of likely N-dealkylation sites (tertiary alicyclic amines) is 1. The average molecular weight is 329 g/mol. The van der Waals surface area contributed by atoms with Gasteiger partial charge in [0.25, 0.3) is 0 Å². The SMILES string of the molecule is NC1CCCC(C(=O)NCc2ccccc2CN2CCCC2=O)C1. The highest BCUT2D eigenvalue weighted by molar-refractivity contribution is 5.79. The van der Waals surface area contributed by atoms with E-state index in [1.165, 1.54) is 0 Å². The zero-order valence-electron chi connectivity index (χ0n) is 14.2. The van der Waals surface area contributed by atoms with Crippen LogP contribution in [0.25, 0.3) is 0 Å². The molecule has 2 aliphatic rings. The van der Waals surface area contributed by atoms with Gasteiger partial charge in [-0.15, -0.1) is 0 Å². The van der Waals surface area contributed by atoms with Crippen LogP contribution in [0.2, 0.25) is 0 Å². The van der Waals surface area contributed by atoms with Crippen molar-refractivity contribution in [2.75, 3.05) is 6.54 Å². The Balaban J connectivity index is 1.58. The first-order valence-electron chi connectivity index (χ1n) is 9.01. The van der Waals surface area contributed by atoms with Crippen molar-refractivity contribution in [2.45, 2.75) is 57.7 Å². The smallest absolute Gasteiger partial charge is 0.223 e. The molecule has 1 aliphatic carbocycles. The molecule has 0 bridgehead atoms. The lowest BCUT2D eigenvalue weighted by atomic mass is 9.85. The zero-order valence-corrected chi connectivity index (χ0v) is 14.2. The average Bonchev–Trinajstić information content (AvgIpc) is 2.99. The number of benzene rings is 1. The maximum Gasteiger partial charge on any atom is 0.223 e. The second-order valence-corrected chi connectivity index (χ2v) is 7.03. The Bertz CT molecular complexity index is 602. The number of nitrogens with zero attached hydrogens (tertiary/aromatic N) is 1. The molecule has 1 aliphatic heterocycles. The molecule has 0 radical (unpaired) electrons. The van der Waals surface area contributed by atoms with Crippen molar-refractivity contribution in [1.82, 2.24) is 10.2 Å². The van der Waals surface area contributed by atoms with Gasteiger partial charge in [-0.2, -0.15) is 0 Å². The summed E-state index contributed by atoms with van der Waals surface area (Å²) in [5.74, 6) is 0.378. The zero-order chi connectivity index (χ0) is 16.9. The van der Waals surface area contributed by atoms with Crippen LogP contribution in [0.4, 0.5) is 0 Å². The van der Waals surface area contributed by atoms with Crippen molar-refractivity contribution in [3.05, 3.63) is 35.4 Å². The Labute approximate surface area is 143 Å². The van der Waals surface area contributed by atoms with Crippen LogP contribution in [0.3, 0.4) is 0 Å². The molecule has 1 heterocycles. The van der Waals surface area contributed by atoms with Crippen LogP contribution in [-0.4, -0.2) is 29.3 Å². The van der Waals surface area contributed by atoms with Crippen LogP contribution in [0, 0.1) is 5.92 Å². The Morgan fingerprint density at radius 3 is 2.71 bits per heavy atom. The van der Waals surface area contributed by atoms with E-state index in [0.29, 0.717) is 19.5 Å². The van der Waals surface area contributed by atoms with Crippen LogP contribution < -0.4 is 11.1 Å². The van der Waals surface area contributed by atoms with Crippen LogP contribution >= 0.6 is 0 Å². The number of nitrogens with two attached hydrogens (primary N) is 1. The molecule has 2 amide bonds. The van der Waals surface area contributed by atoms with Gasteiger partial charge in [-0.3, -0.25) is 9.59 Å². The van der Waals surface area contributed by atoms with Gasteiger partial charge in [0, 0.05) is 38.0 Å². The monoisotopic (exact) mass is 329 g/mol. The van der Waals surface area contributed by atoms with Gasteiger partial charge in [0.15, 0.2) is 0 Å². The van der Waals surface area contributed by atoms with Gasteiger partial charge in [-0.1, -0.05) is 30.7 Å². The minimum absolute atomic E-state index is 0.0427. The third-order valence-corrected chi connectivity index (χ3v) is 5.19. The molecule has 24 heavy (non-hydrogen) atoms. The lowest BCUT2D eigenvalue weighted by molar-refractivity contribution is -0.128. The summed E-state index contributed by atoms with van der Waals surface area (Å²) in [6.07, 6.45) is 5.38. The third kappa shape index (κ3) is 4.15. The minimum atomic E-state index is 0.0427. The Morgan fingerprint density at radius 2 is 2.00 bits per heavy atom. The Morgan fingerprint density at radius 1 is 1.21 bits per heavy atom. The van der Waals surface area contributed by atoms with Gasteiger partial charge < -0.3 is 16.0 Å². The number of carbonyl (C=O) groups excluding carboxylic acids is 2. The standard InChI is InChI=1S/C19H27N3O2/c20-17-8-3-7-14(11-17)19(24)21-12-15-5-1-2-6-16(15)13-22-10-4-9-18(22)23/h1-2,5-6,14,17H,3-4,7-13,20H2,(H,21,24). The predicted octanol–water partition coefficient (Wildman–Crippen LogP) is 1.94. The molecular weight excluding hydrogens is 302 g/mol. The van der Waals surface area contributed by atoms with Crippen molar-refractivity contribution in [1.29, 1.82) is 0 Å². The molecule has 0 aromatic heterocycles. The number of rotatable bonds is 5. The summed E-state index contributed by atoms with van der Waals surface area (Å²) in [5, 5.41) is 3.07. The number of hydrogen-bond donors (Lipinski definition) is 2. The maximum atomic E-state index is 12.4. The number of nitrogens with one attached hydrogen (secondary N) is 1. The van der Waals surface area contributed by atoms with E-state index in [1.807, 2.05) is 29.2 Å². The summed E-state index contributed by atoms with van der Waals surface area (Å²) < 4.78 is 0. The second-order valence-electron chi connectivity index (χ2n) is 7.03. The number of carbonyl (C=O) groups is 2. The van der Waals surface area contributed by atoms with Crippen LogP contribution in [0.15, 0.2) is 24.3 Å². The Kier molecular flexibility index (Phi) is 5.51. The normalized spacial score (nSPS) is 24.2. The van der Waals surface area contributed by atoms with E-state index in [9.17, 15) is 9.59 Å². The van der Waals surface area contributed by atoms with E-state index in [-0.39, 0.29) is 23.8 Å². The predicted molar refractivity (Wildman–Crippen MR) is 92.9 cm³/mol. The van der Waals surface area contributed by atoms with Gasteiger partial charge in [0.2, 0.25) is 11.8 Å². The van der Waals surface area contributed by atoms with Crippen LogP contribution in [-0.2, 0) is 22.7 Å². The fourth-order valence-electron chi connectivity index (χ4n) is 3.75. The van der Waals surface area contributed by atoms with E-state index in [2.05, 4.69) is 5.32 Å². The first-order valence-corrected chi connectivity index (χ1v) is 9.01. The summed E-state index contributed by atoms with van der Waals surface area (Å²) in [7, 11) is 0. The van der Waals surface area contributed by atoms with Crippen molar-refractivity contribution < 1.29 is 9.59 Å². The Hall–Kier alpha value is -1.88. The summed E-state index contributed by atoms with van der Waals surface area (Å²) >= 11 is 0. The van der Waals surface area contributed by atoms with Gasteiger partial charge >= 0.3 is 0 Å². The minimum Gasteiger partial charge on any atom is -0.352 e. The largest absolute Gasteiger partial charge is 0.352 e. The van der Waals surface area contributed by atoms with Gasteiger partial charge in [0.1, 0.15) is 0 Å². The fraction of sp³-hybridized carbons (Fsp3) is 0.579. The van der Waals surface area contributed by atoms with Crippen molar-refractivity contribution >= 4 is 11.8 Å². The summed E-state index contributed by atoms with van der Waals surface area (Å²) in [6.45, 7) is 1.99. The van der Waals surface area contributed by atoms with Gasteiger partial charge in [0.05, 0.1) is 0 Å². The van der Waals surface area contributed by atoms with Crippen LogP contribution in [0.1, 0.15) is 49.7 Å². The summed E-state index contributed by atoms with van der Waals surface area (Å²) in [6, 6.07) is 8.20. The molecule has 5 heteroatoms. The van der Waals surface area contributed by atoms with Crippen molar-refractivity contribution in [2.24, 2.45) is 11.7 Å². The number of amides is 2. The molecule has 0 spiro atoms.